The number of nitrogens with one attached hydrogen (secondary N) is 1. The molecule has 2 rings (SSSR count). The van der Waals surface area contributed by atoms with E-state index in [4.69, 9.17) is 17.3 Å². The molecule has 0 bridgehead atoms. The highest BCUT2D eigenvalue weighted by Crippen LogP contribution is 2.31. The van der Waals surface area contributed by atoms with E-state index < -0.39 is 20.7 Å². The number of rotatable bonds is 4. The smallest absolute Gasteiger partial charge is 0.243 e. The summed E-state index contributed by atoms with van der Waals surface area (Å²) < 4.78 is 41.1. The van der Waals surface area contributed by atoms with Gasteiger partial charge in [-0.2, -0.15) is 11.8 Å². The topological polar surface area (TPSA) is 72.2 Å². The van der Waals surface area contributed by atoms with Crippen molar-refractivity contribution in [2.75, 3.05) is 12.0 Å². The highest BCUT2D eigenvalue weighted by atomic mass is 35.5. The van der Waals surface area contributed by atoms with Gasteiger partial charge < -0.3 is 5.73 Å². The largest absolute Gasteiger partial charge is 0.396 e. The summed E-state index contributed by atoms with van der Waals surface area (Å²) in [5.41, 5.74) is 5.15. The number of hydrogen-bond acceptors (Lipinski definition) is 4. The number of sulfonamides is 1. The molecule has 0 aliphatic heterocycles. The molecule has 1 fully saturated rings. The Balaban J connectivity index is 2.31. The molecule has 0 saturated heterocycles. The Kier molecular flexibility index (Phi) is 4.84. The quantitative estimate of drug-likeness (QED) is 0.828. The van der Waals surface area contributed by atoms with Gasteiger partial charge in [0.25, 0.3) is 0 Å². The number of thioether (sulfide) groups is 1. The SMILES string of the molecule is CSC1CCCC1NS(=O)(=O)c1cc(Cl)cc(N)c1F. The van der Waals surface area contributed by atoms with Gasteiger partial charge in [0, 0.05) is 16.3 Å². The molecule has 0 amide bonds. The number of benzene rings is 1. The Morgan fingerprint density at radius 3 is 2.80 bits per heavy atom. The maximum absolute atomic E-state index is 13.9. The van der Waals surface area contributed by atoms with Crippen LogP contribution in [0.5, 0.6) is 0 Å². The molecule has 112 valence electrons. The number of nitrogens with two attached hydrogens (primary N) is 1. The highest BCUT2D eigenvalue weighted by Gasteiger charge is 2.32. The van der Waals surface area contributed by atoms with E-state index in [1.807, 2.05) is 6.26 Å². The second kappa shape index (κ2) is 6.09. The summed E-state index contributed by atoms with van der Waals surface area (Å²) in [6, 6.07) is 2.09. The van der Waals surface area contributed by atoms with Crippen molar-refractivity contribution in [2.24, 2.45) is 0 Å². The van der Waals surface area contributed by atoms with Crippen LogP contribution < -0.4 is 10.5 Å². The molecule has 0 heterocycles. The van der Waals surface area contributed by atoms with Crippen LogP contribution in [0.4, 0.5) is 10.1 Å². The van der Waals surface area contributed by atoms with Crippen LogP contribution in [0.1, 0.15) is 19.3 Å². The Morgan fingerprint density at radius 1 is 1.45 bits per heavy atom. The van der Waals surface area contributed by atoms with Crippen LogP contribution in [0.3, 0.4) is 0 Å². The molecule has 1 aliphatic carbocycles. The predicted octanol–water partition coefficient (Wildman–Crippen LogP) is 2.62. The third-order valence-electron chi connectivity index (χ3n) is 3.38. The lowest BCUT2D eigenvalue weighted by Crippen LogP contribution is -2.39. The fourth-order valence-corrected chi connectivity index (χ4v) is 5.14. The fraction of sp³-hybridized carbons (Fsp3) is 0.500. The molecular weight excluding hydrogens is 323 g/mol. The van der Waals surface area contributed by atoms with Crippen LogP contribution in [0.25, 0.3) is 0 Å². The molecule has 0 radical (unpaired) electrons. The highest BCUT2D eigenvalue weighted by molar-refractivity contribution is 7.99. The molecule has 2 atom stereocenters. The monoisotopic (exact) mass is 338 g/mol. The zero-order chi connectivity index (χ0) is 14.9. The van der Waals surface area contributed by atoms with E-state index in [2.05, 4.69) is 4.72 Å². The van der Waals surface area contributed by atoms with Crippen LogP contribution in [0.15, 0.2) is 17.0 Å². The van der Waals surface area contributed by atoms with Gasteiger partial charge in [0.15, 0.2) is 5.82 Å². The van der Waals surface area contributed by atoms with E-state index in [0.29, 0.717) is 0 Å². The van der Waals surface area contributed by atoms with E-state index >= 15 is 0 Å². The summed E-state index contributed by atoms with van der Waals surface area (Å²) in [5.74, 6) is -0.958. The van der Waals surface area contributed by atoms with Crippen LogP contribution in [0.2, 0.25) is 5.02 Å². The first kappa shape index (κ1) is 15.9. The van der Waals surface area contributed by atoms with Gasteiger partial charge in [0.1, 0.15) is 4.90 Å². The van der Waals surface area contributed by atoms with Crippen molar-refractivity contribution in [2.45, 2.75) is 35.4 Å². The van der Waals surface area contributed by atoms with Crippen molar-refractivity contribution >= 4 is 39.1 Å². The van der Waals surface area contributed by atoms with Crippen LogP contribution in [0, 0.1) is 5.82 Å². The number of halogens is 2. The standard InChI is InChI=1S/C12H16ClFN2O2S2/c1-19-10-4-2-3-9(10)16-20(17,18)11-6-7(13)5-8(15)12(11)14/h5-6,9-10,16H,2-4,15H2,1H3. The van der Waals surface area contributed by atoms with Crippen molar-refractivity contribution in [1.82, 2.24) is 4.72 Å². The summed E-state index contributed by atoms with van der Waals surface area (Å²) in [5, 5.41) is 0.307. The second-order valence-corrected chi connectivity index (χ2v) is 7.94. The van der Waals surface area contributed by atoms with Crippen molar-refractivity contribution in [1.29, 1.82) is 0 Å². The molecule has 8 heteroatoms. The summed E-state index contributed by atoms with van der Waals surface area (Å²) in [7, 11) is -3.97. The second-order valence-electron chi connectivity index (χ2n) is 4.74. The van der Waals surface area contributed by atoms with Crippen LogP contribution in [-0.4, -0.2) is 26.0 Å². The number of hydrogen-bond donors (Lipinski definition) is 2. The first-order valence-electron chi connectivity index (χ1n) is 6.15. The molecule has 0 spiro atoms. The third-order valence-corrected chi connectivity index (χ3v) is 6.26. The van der Waals surface area contributed by atoms with Gasteiger partial charge >= 0.3 is 0 Å². The molecule has 0 aromatic heterocycles. The Bertz CT molecular complexity index is 610. The number of anilines is 1. The van der Waals surface area contributed by atoms with Gasteiger partial charge in [-0.3, -0.25) is 0 Å². The van der Waals surface area contributed by atoms with Crippen molar-refractivity contribution in [3.8, 4) is 0 Å². The lowest BCUT2D eigenvalue weighted by molar-refractivity contribution is 0.540. The summed E-state index contributed by atoms with van der Waals surface area (Å²) in [6.07, 6.45) is 4.60. The Labute approximate surface area is 127 Å². The van der Waals surface area contributed by atoms with E-state index in [0.717, 1.165) is 25.3 Å². The van der Waals surface area contributed by atoms with Crippen LogP contribution >= 0.6 is 23.4 Å². The minimum Gasteiger partial charge on any atom is -0.396 e. The van der Waals surface area contributed by atoms with Gasteiger partial charge in [0.05, 0.1) is 5.69 Å². The molecule has 1 aromatic rings. The maximum Gasteiger partial charge on any atom is 0.243 e. The molecule has 1 aliphatic rings. The van der Waals surface area contributed by atoms with E-state index in [1.54, 1.807) is 11.8 Å². The van der Waals surface area contributed by atoms with Crippen molar-refractivity contribution in [3.63, 3.8) is 0 Å². The molecule has 20 heavy (non-hydrogen) atoms. The van der Waals surface area contributed by atoms with Crippen molar-refractivity contribution in [3.05, 3.63) is 23.0 Å². The Hall–Kier alpha value is -0.500. The molecule has 1 aromatic carbocycles. The lowest BCUT2D eigenvalue weighted by Gasteiger charge is -2.19. The minimum atomic E-state index is -3.97. The normalized spacial score (nSPS) is 23.1. The lowest BCUT2D eigenvalue weighted by atomic mass is 10.3. The van der Waals surface area contributed by atoms with Gasteiger partial charge in [0.2, 0.25) is 10.0 Å². The van der Waals surface area contributed by atoms with Gasteiger partial charge in [-0.15, -0.1) is 0 Å². The van der Waals surface area contributed by atoms with Crippen molar-refractivity contribution < 1.29 is 12.8 Å². The average molecular weight is 339 g/mol. The zero-order valence-corrected chi connectivity index (χ0v) is 13.3. The zero-order valence-electron chi connectivity index (χ0n) is 10.9. The predicted molar refractivity (Wildman–Crippen MR) is 81.1 cm³/mol. The molecule has 1 saturated carbocycles. The summed E-state index contributed by atoms with van der Waals surface area (Å²) in [6.45, 7) is 0. The summed E-state index contributed by atoms with van der Waals surface area (Å²) in [4.78, 5) is -0.491. The fourth-order valence-electron chi connectivity index (χ4n) is 2.39. The molecule has 4 nitrogen and oxygen atoms in total. The third kappa shape index (κ3) is 3.21. The molecule has 2 unspecified atom stereocenters. The maximum atomic E-state index is 13.9. The molecular formula is C12H16ClFN2O2S2. The summed E-state index contributed by atoms with van der Waals surface area (Å²) >= 11 is 7.37. The molecule has 3 N–H and O–H groups in total. The number of nitrogen functional groups attached to an aromatic ring is 1. The first-order valence-corrected chi connectivity index (χ1v) is 9.29. The first-order chi connectivity index (χ1) is 9.35. The van der Waals surface area contributed by atoms with Gasteiger partial charge in [-0.1, -0.05) is 18.0 Å². The van der Waals surface area contributed by atoms with E-state index in [9.17, 15) is 12.8 Å². The average Bonchev–Trinajstić information content (AvgIpc) is 2.80. The minimum absolute atomic E-state index is 0.0945. The van der Waals surface area contributed by atoms with E-state index in [-0.39, 0.29) is 22.0 Å². The van der Waals surface area contributed by atoms with E-state index in [1.165, 1.54) is 6.07 Å². The van der Waals surface area contributed by atoms with Crippen LogP contribution in [-0.2, 0) is 10.0 Å². The van der Waals surface area contributed by atoms with Gasteiger partial charge in [-0.25, -0.2) is 17.5 Å². The Morgan fingerprint density at radius 2 is 2.15 bits per heavy atom. The van der Waals surface area contributed by atoms with Gasteiger partial charge in [-0.05, 0) is 31.2 Å².